The molecule has 0 radical (unpaired) electrons. The molecule has 1 aromatic rings. The normalized spacial score (nSPS) is 11.0. The zero-order valence-electron chi connectivity index (χ0n) is 13.1. The third-order valence-electron chi connectivity index (χ3n) is 3.43. The summed E-state index contributed by atoms with van der Waals surface area (Å²) >= 11 is 0. The van der Waals surface area contributed by atoms with Crippen LogP contribution in [0.2, 0.25) is 0 Å². The van der Waals surface area contributed by atoms with Gasteiger partial charge in [0.2, 0.25) is 0 Å². The summed E-state index contributed by atoms with van der Waals surface area (Å²) in [5.41, 5.74) is 1.16. The first-order valence-electron chi connectivity index (χ1n) is 7.96. The van der Waals surface area contributed by atoms with Gasteiger partial charge in [-0.25, -0.2) is 0 Å². The maximum absolute atomic E-state index is 9.00. The fraction of sp³-hybridized carbons (Fsp3) is 0.647. The van der Waals surface area contributed by atoms with Gasteiger partial charge in [0.25, 0.3) is 0 Å². The Morgan fingerprint density at radius 3 is 2.19 bits per heavy atom. The van der Waals surface area contributed by atoms with Crippen LogP contribution in [0, 0.1) is 0 Å². The molecule has 120 valence electrons. The predicted octanol–water partition coefficient (Wildman–Crippen LogP) is 2.43. The van der Waals surface area contributed by atoms with Gasteiger partial charge in [-0.15, -0.1) is 0 Å². The van der Waals surface area contributed by atoms with Crippen LogP contribution in [-0.2, 0) is 6.54 Å². The molecule has 0 bridgehead atoms. The Bertz CT molecular complexity index is 348. The van der Waals surface area contributed by atoms with Gasteiger partial charge in [-0.2, -0.15) is 0 Å². The van der Waals surface area contributed by atoms with E-state index in [-0.39, 0.29) is 13.2 Å². The molecule has 0 aromatic heterocycles. The van der Waals surface area contributed by atoms with E-state index in [1.54, 1.807) is 0 Å². The summed E-state index contributed by atoms with van der Waals surface area (Å²) in [5, 5.41) is 18.0. The summed E-state index contributed by atoms with van der Waals surface area (Å²) in [7, 11) is 0. The number of hydrogen-bond acceptors (Lipinski definition) is 4. The highest BCUT2D eigenvalue weighted by Gasteiger charge is 2.05. The van der Waals surface area contributed by atoms with Gasteiger partial charge in [-0.1, -0.05) is 38.3 Å². The third kappa shape index (κ3) is 8.05. The molecule has 0 aliphatic rings. The molecule has 0 unspecified atom stereocenters. The van der Waals surface area contributed by atoms with Crippen LogP contribution < -0.4 is 4.74 Å². The van der Waals surface area contributed by atoms with Gasteiger partial charge >= 0.3 is 0 Å². The average Bonchev–Trinajstić information content (AvgIpc) is 2.49. The van der Waals surface area contributed by atoms with E-state index in [0.717, 1.165) is 30.9 Å². The second-order valence-corrected chi connectivity index (χ2v) is 5.28. The molecular formula is C17H29NO3. The molecule has 4 nitrogen and oxygen atoms in total. The van der Waals surface area contributed by atoms with E-state index in [0.29, 0.717) is 13.1 Å². The van der Waals surface area contributed by atoms with E-state index >= 15 is 0 Å². The van der Waals surface area contributed by atoms with E-state index in [4.69, 9.17) is 14.9 Å². The molecule has 0 heterocycles. The molecule has 1 rings (SSSR count). The Morgan fingerprint density at radius 2 is 1.62 bits per heavy atom. The zero-order chi connectivity index (χ0) is 15.3. The lowest BCUT2D eigenvalue weighted by molar-refractivity contribution is 0.156. The maximum atomic E-state index is 9.00. The van der Waals surface area contributed by atoms with Crippen LogP contribution >= 0.6 is 0 Å². The predicted molar refractivity (Wildman–Crippen MR) is 85.5 cm³/mol. The largest absolute Gasteiger partial charge is 0.494 e. The average molecular weight is 295 g/mol. The lowest BCUT2D eigenvalue weighted by Crippen LogP contribution is -2.29. The van der Waals surface area contributed by atoms with Crippen LogP contribution in [0.1, 0.15) is 38.2 Å². The molecule has 0 fully saturated rings. The van der Waals surface area contributed by atoms with E-state index in [1.807, 2.05) is 29.2 Å². The van der Waals surface area contributed by atoms with Gasteiger partial charge < -0.3 is 14.9 Å². The first-order valence-corrected chi connectivity index (χ1v) is 7.96. The number of ether oxygens (including phenoxy) is 1. The Labute approximate surface area is 128 Å². The number of nitrogens with zero attached hydrogens (tertiary/aromatic N) is 1. The van der Waals surface area contributed by atoms with Gasteiger partial charge in [0, 0.05) is 19.6 Å². The zero-order valence-corrected chi connectivity index (χ0v) is 13.1. The summed E-state index contributed by atoms with van der Waals surface area (Å²) in [5.74, 6) is 0.908. The topological polar surface area (TPSA) is 52.9 Å². The number of hydrogen-bond donors (Lipinski definition) is 2. The van der Waals surface area contributed by atoms with Crippen molar-refractivity contribution in [2.45, 2.75) is 39.2 Å². The Morgan fingerprint density at radius 1 is 0.952 bits per heavy atom. The van der Waals surface area contributed by atoms with Crippen LogP contribution in [-0.4, -0.2) is 48.0 Å². The Hall–Kier alpha value is -1.10. The highest BCUT2D eigenvalue weighted by atomic mass is 16.5. The van der Waals surface area contributed by atoms with Gasteiger partial charge in [0.15, 0.2) is 0 Å². The number of benzene rings is 1. The highest BCUT2D eigenvalue weighted by molar-refractivity contribution is 5.27. The fourth-order valence-electron chi connectivity index (χ4n) is 2.22. The van der Waals surface area contributed by atoms with Crippen molar-refractivity contribution in [3.05, 3.63) is 29.8 Å². The second-order valence-electron chi connectivity index (χ2n) is 5.28. The minimum Gasteiger partial charge on any atom is -0.494 e. The monoisotopic (exact) mass is 295 g/mol. The van der Waals surface area contributed by atoms with Crippen LogP contribution in [0.5, 0.6) is 5.75 Å². The fourth-order valence-corrected chi connectivity index (χ4v) is 2.22. The molecule has 0 saturated carbocycles. The van der Waals surface area contributed by atoms with Gasteiger partial charge in [-0.05, 0) is 24.1 Å². The molecule has 0 amide bonds. The first-order chi connectivity index (χ1) is 10.3. The van der Waals surface area contributed by atoms with Crippen molar-refractivity contribution in [3.63, 3.8) is 0 Å². The van der Waals surface area contributed by atoms with E-state index in [2.05, 4.69) is 6.92 Å². The Balaban J connectivity index is 2.34. The van der Waals surface area contributed by atoms with Crippen LogP contribution in [0.3, 0.4) is 0 Å². The number of rotatable bonds is 12. The molecule has 0 atom stereocenters. The summed E-state index contributed by atoms with van der Waals surface area (Å²) < 4.78 is 5.71. The number of unbranched alkanes of at least 4 members (excludes halogenated alkanes) is 3. The van der Waals surface area contributed by atoms with E-state index in [1.165, 1.54) is 19.3 Å². The van der Waals surface area contributed by atoms with Crippen molar-refractivity contribution < 1.29 is 14.9 Å². The standard InChI is InChI=1S/C17H29NO3/c1-2-3-4-5-14-21-17-8-6-16(7-9-17)15-18(10-12-19)11-13-20/h6-9,19-20H,2-5,10-15H2,1H3. The lowest BCUT2D eigenvalue weighted by atomic mass is 10.2. The van der Waals surface area contributed by atoms with Gasteiger partial charge in [-0.3, -0.25) is 4.90 Å². The maximum Gasteiger partial charge on any atom is 0.119 e. The summed E-state index contributed by atoms with van der Waals surface area (Å²) in [6, 6.07) is 8.07. The number of aliphatic hydroxyl groups excluding tert-OH is 2. The van der Waals surface area contributed by atoms with Gasteiger partial charge in [0.1, 0.15) is 5.75 Å². The minimum absolute atomic E-state index is 0.110. The van der Waals surface area contributed by atoms with Crippen molar-refractivity contribution in [2.24, 2.45) is 0 Å². The van der Waals surface area contributed by atoms with E-state index < -0.39 is 0 Å². The SMILES string of the molecule is CCCCCCOc1ccc(CN(CCO)CCO)cc1. The van der Waals surface area contributed by atoms with Crippen molar-refractivity contribution >= 4 is 0 Å². The second kappa shape index (κ2) is 11.5. The van der Waals surface area contributed by atoms with Crippen LogP contribution in [0.25, 0.3) is 0 Å². The quantitative estimate of drug-likeness (QED) is 0.582. The van der Waals surface area contributed by atoms with Crippen LogP contribution in [0.15, 0.2) is 24.3 Å². The molecule has 2 N–H and O–H groups in total. The van der Waals surface area contributed by atoms with Gasteiger partial charge in [0.05, 0.1) is 19.8 Å². The van der Waals surface area contributed by atoms with Crippen molar-refractivity contribution in [2.75, 3.05) is 32.9 Å². The molecule has 0 spiro atoms. The molecule has 4 heteroatoms. The molecule has 0 aliphatic heterocycles. The van der Waals surface area contributed by atoms with Crippen LogP contribution in [0.4, 0.5) is 0 Å². The van der Waals surface area contributed by atoms with E-state index in [9.17, 15) is 0 Å². The van der Waals surface area contributed by atoms with Crippen molar-refractivity contribution in [3.8, 4) is 5.75 Å². The summed E-state index contributed by atoms with van der Waals surface area (Å²) in [6.45, 7) is 5.10. The Kier molecular flexibility index (Phi) is 9.87. The molecular weight excluding hydrogens is 266 g/mol. The number of aliphatic hydroxyl groups is 2. The summed E-state index contributed by atoms with van der Waals surface area (Å²) in [6.07, 6.45) is 4.85. The molecule has 21 heavy (non-hydrogen) atoms. The molecule has 0 saturated heterocycles. The third-order valence-corrected chi connectivity index (χ3v) is 3.43. The lowest BCUT2D eigenvalue weighted by Gasteiger charge is -2.20. The smallest absolute Gasteiger partial charge is 0.119 e. The molecule has 1 aromatic carbocycles. The van der Waals surface area contributed by atoms with Crippen molar-refractivity contribution in [1.82, 2.24) is 4.90 Å². The first kappa shape index (κ1) is 18.0. The highest BCUT2D eigenvalue weighted by Crippen LogP contribution is 2.14. The minimum atomic E-state index is 0.110. The molecule has 0 aliphatic carbocycles. The van der Waals surface area contributed by atoms with Crippen molar-refractivity contribution in [1.29, 1.82) is 0 Å². The summed E-state index contributed by atoms with van der Waals surface area (Å²) in [4.78, 5) is 2.03.